The van der Waals surface area contributed by atoms with Crippen molar-refractivity contribution in [3.8, 4) is 0 Å². The molecule has 0 radical (unpaired) electrons. The van der Waals surface area contributed by atoms with Gasteiger partial charge in [0.15, 0.2) is 0 Å². The molecule has 0 aliphatic carbocycles. The number of halogens is 1. The van der Waals surface area contributed by atoms with Gasteiger partial charge >= 0.3 is 0 Å². The van der Waals surface area contributed by atoms with E-state index >= 15 is 0 Å². The highest BCUT2D eigenvalue weighted by molar-refractivity contribution is 6.33. The van der Waals surface area contributed by atoms with Gasteiger partial charge in [0.1, 0.15) is 0 Å². The molecule has 1 aliphatic rings. The maximum atomic E-state index is 6.38. The Labute approximate surface area is 109 Å². The molecule has 94 valence electrons. The van der Waals surface area contributed by atoms with E-state index < -0.39 is 0 Å². The minimum absolute atomic E-state index is 0.583. The van der Waals surface area contributed by atoms with E-state index in [2.05, 4.69) is 17.9 Å². The first-order valence-corrected chi connectivity index (χ1v) is 6.86. The highest BCUT2D eigenvalue weighted by Gasteiger charge is 2.22. The van der Waals surface area contributed by atoms with Crippen molar-refractivity contribution in [2.75, 3.05) is 18.0 Å². The van der Waals surface area contributed by atoms with Gasteiger partial charge in [-0.05, 0) is 50.8 Å². The molecule has 1 aromatic carbocycles. The lowest BCUT2D eigenvalue weighted by molar-refractivity contribution is 0.484. The van der Waals surface area contributed by atoms with Crippen molar-refractivity contribution < 1.29 is 0 Å². The molecule has 2 nitrogen and oxygen atoms in total. The Morgan fingerprint density at radius 1 is 1.41 bits per heavy atom. The fourth-order valence-electron chi connectivity index (χ4n) is 2.67. The van der Waals surface area contributed by atoms with Crippen LogP contribution < -0.4 is 10.6 Å². The van der Waals surface area contributed by atoms with Crippen LogP contribution in [-0.4, -0.2) is 19.1 Å². The summed E-state index contributed by atoms with van der Waals surface area (Å²) in [5.41, 5.74) is 8.18. The quantitative estimate of drug-likeness (QED) is 0.895. The molecule has 1 unspecified atom stereocenters. The van der Waals surface area contributed by atoms with Crippen molar-refractivity contribution in [1.29, 1.82) is 0 Å². The number of anilines is 1. The van der Waals surface area contributed by atoms with E-state index in [0.29, 0.717) is 12.6 Å². The molecule has 1 fully saturated rings. The molecule has 1 heterocycles. The Balaban J connectivity index is 2.34. The van der Waals surface area contributed by atoms with Crippen LogP contribution in [0.1, 0.15) is 31.7 Å². The van der Waals surface area contributed by atoms with E-state index in [4.69, 9.17) is 17.3 Å². The number of para-hydroxylation sites is 1. The second-order valence-electron chi connectivity index (χ2n) is 4.82. The van der Waals surface area contributed by atoms with Crippen LogP contribution in [0.15, 0.2) is 18.2 Å². The summed E-state index contributed by atoms with van der Waals surface area (Å²) in [5, 5.41) is 0.865. The van der Waals surface area contributed by atoms with E-state index in [0.717, 1.165) is 18.0 Å². The normalized spacial score (nSPS) is 20.6. The molecule has 0 bridgehead atoms. The smallest absolute Gasteiger partial charge is 0.0642 e. The number of nitrogens with zero attached hydrogens (tertiary/aromatic N) is 1. The fourth-order valence-corrected chi connectivity index (χ4v) is 2.97. The lowest BCUT2D eigenvalue weighted by Gasteiger charge is -2.37. The molecule has 2 rings (SSSR count). The number of hydrogen-bond acceptors (Lipinski definition) is 2. The predicted octanol–water partition coefficient (Wildman–Crippen LogP) is 3.22. The molecule has 3 heteroatoms. The van der Waals surface area contributed by atoms with Crippen molar-refractivity contribution in [2.24, 2.45) is 5.73 Å². The fraction of sp³-hybridized carbons (Fsp3) is 0.571. The van der Waals surface area contributed by atoms with Gasteiger partial charge in [0.05, 0.1) is 10.7 Å². The standard InChI is InChI=1S/C14H21ClN2/c1-11-5-2-3-10-17(11)14-12(8-9-16)6-4-7-13(14)15/h4,6-7,11H,2-3,5,8-10,16H2,1H3. The minimum atomic E-state index is 0.583. The largest absolute Gasteiger partial charge is 0.367 e. The highest BCUT2D eigenvalue weighted by Crippen LogP contribution is 2.34. The maximum absolute atomic E-state index is 6.38. The summed E-state index contributed by atoms with van der Waals surface area (Å²) in [6, 6.07) is 6.74. The van der Waals surface area contributed by atoms with E-state index in [1.165, 1.54) is 30.5 Å². The molecular weight excluding hydrogens is 232 g/mol. The summed E-state index contributed by atoms with van der Waals surface area (Å²) < 4.78 is 0. The monoisotopic (exact) mass is 252 g/mol. The van der Waals surface area contributed by atoms with Gasteiger partial charge in [0.2, 0.25) is 0 Å². The Morgan fingerprint density at radius 3 is 2.94 bits per heavy atom. The van der Waals surface area contributed by atoms with Crippen molar-refractivity contribution in [3.05, 3.63) is 28.8 Å². The van der Waals surface area contributed by atoms with E-state index in [1.807, 2.05) is 12.1 Å². The number of benzene rings is 1. The van der Waals surface area contributed by atoms with Gasteiger partial charge in [-0.2, -0.15) is 0 Å². The van der Waals surface area contributed by atoms with E-state index in [9.17, 15) is 0 Å². The molecule has 0 spiro atoms. The van der Waals surface area contributed by atoms with Gasteiger partial charge in [-0.1, -0.05) is 23.7 Å². The molecule has 2 N–H and O–H groups in total. The number of rotatable bonds is 3. The SMILES string of the molecule is CC1CCCCN1c1c(Cl)cccc1CCN. The predicted molar refractivity (Wildman–Crippen MR) is 74.9 cm³/mol. The molecule has 0 saturated carbocycles. The average Bonchev–Trinajstić information content (AvgIpc) is 2.31. The lowest BCUT2D eigenvalue weighted by atomic mass is 10.00. The van der Waals surface area contributed by atoms with Crippen LogP contribution in [-0.2, 0) is 6.42 Å². The van der Waals surface area contributed by atoms with Crippen LogP contribution in [0.25, 0.3) is 0 Å². The molecule has 0 amide bonds. The van der Waals surface area contributed by atoms with E-state index in [-0.39, 0.29) is 0 Å². The van der Waals surface area contributed by atoms with E-state index in [1.54, 1.807) is 0 Å². The van der Waals surface area contributed by atoms with Crippen LogP contribution >= 0.6 is 11.6 Å². The van der Waals surface area contributed by atoms with Crippen LogP contribution in [0.4, 0.5) is 5.69 Å². The van der Waals surface area contributed by atoms with Gasteiger partial charge in [-0.25, -0.2) is 0 Å². The van der Waals surface area contributed by atoms with Gasteiger partial charge in [0.25, 0.3) is 0 Å². The summed E-state index contributed by atoms with van der Waals surface area (Å²) in [6.07, 6.45) is 4.75. The second-order valence-corrected chi connectivity index (χ2v) is 5.23. The summed E-state index contributed by atoms with van der Waals surface area (Å²) in [4.78, 5) is 2.46. The van der Waals surface area contributed by atoms with Crippen molar-refractivity contribution in [1.82, 2.24) is 0 Å². The first-order chi connectivity index (χ1) is 8.24. The minimum Gasteiger partial charge on any atom is -0.367 e. The van der Waals surface area contributed by atoms with Crippen LogP contribution in [0, 0.1) is 0 Å². The number of hydrogen-bond donors (Lipinski definition) is 1. The van der Waals surface area contributed by atoms with Crippen molar-refractivity contribution in [2.45, 2.75) is 38.6 Å². The Kier molecular flexibility index (Phi) is 4.30. The zero-order chi connectivity index (χ0) is 12.3. The Morgan fingerprint density at radius 2 is 2.24 bits per heavy atom. The summed E-state index contributed by atoms with van der Waals surface area (Å²) in [5.74, 6) is 0. The van der Waals surface area contributed by atoms with Gasteiger partial charge < -0.3 is 10.6 Å². The van der Waals surface area contributed by atoms with Crippen LogP contribution in [0.3, 0.4) is 0 Å². The first-order valence-electron chi connectivity index (χ1n) is 6.48. The molecule has 0 aromatic heterocycles. The maximum Gasteiger partial charge on any atom is 0.0642 e. The van der Waals surface area contributed by atoms with Crippen molar-refractivity contribution in [3.63, 3.8) is 0 Å². The molecule has 17 heavy (non-hydrogen) atoms. The highest BCUT2D eigenvalue weighted by atomic mass is 35.5. The third-order valence-electron chi connectivity index (χ3n) is 3.57. The lowest BCUT2D eigenvalue weighted by Crippen LogP contribution is -2.38. The third-order valence-corrected chi connectivity index (χ3v) is 3.88. The van der Waals surface area contributed by atoms with Crippen LogP contribution in [0.2, 0.25) is 5.02 Å². The average molecular weight is 253 g/mol. The van der Waals surface area contributed by atoms with Crippen LogP contribution in [0.5, 0.6) is 0 Å². The topological polar surface area (TPSA) is 29.3 Å². The molecule has 1 atom stereocenters. The van der Waals surface area contributed by atoms with Gasteiger partial charge in [0, 0.05) is 12.6 Å². The van der Waals surface area contributed by atoms with Crippen molar-refractivity contribution >= 4 is 17.3 Å². The summed E-state index contributed by atoms with van der Waals surface area (Å²) in [7, 11) is 0. The molecule has 1 aliphatic heterocycles. The molecule has 1 aromatic rings. The number of piperidine rings is 1. The zero-order valence-corrected chi connectivity index (χ0v) is 11.2. The second kappa shape index (κ2) is 5.74. The first kappa shape index (κ1) is 12.7. The summed E-state index contributed by atoms with van der Waals surface area (Å²) >= 11 is 6.38. The van der Waals surface area contributed by atoms with Gasteiger partial charge in [-0.3, -0.25) is 0 Å². The molecular formula is C14H21ClN2. The Bertz CT molecular complexity index is 378. The zero-order valence-electron chi connectivity index (χ0n) is 10.5. The molecule has 1 saturated heterocycles. The third kappa shape index (κ3) is 2.75. The van der Waals surface area contributed by atoms with Gasteiger partial charge in [-0.15, -0.1) is 0 Å². The Hall–Kier alpha value is -0.730. The number of nitrogens with two attached hydrogens (primary N) is 1. The summed E-state index contributed by atoms with van der Waals surface area (Å²) in [6.45, 7) is 4.08.